The lowest BCUT2D eigenvalue weighted by molar-refractivity contribution is -0.145. The number of para-hydroxylation sites is 1. The van der Waals surface area contributed by atoms with Gasteiger partial charge < -0.3 is 25.4 Å². The topological polar surface area (TPSA) is 142 Å². The number of carboxylic acids is 1. The second kappa shape index (κ2) is 14.3. The van der Waals surface area contributed by atoms with Crippen LogP contribution < -0.4 is 15.4 Å². The van der Waals surface area contributed by atoms with Crippen molar-refractivity contribution in [3.8, 4) is 5.75 Å². The van der Waals surface area contributed by atoms with E-state index in [2.05, 4.69) is 15.4 Å². The van der Waals surface area contributed by atoms with Crippen molar-refractivity contribution in [2.45, 2.75) is 57.9 Å². The summed E-state index contributed by atoms with van der Waals surface area (Å²) in [5.74, 6) is -14.5. The summed E-state index contributed by atoms with van der Waals surface area (Å²) >= 11 is 0. The number of carboxylic acid groups (broad SMARTS) is 1. The number of ketones is 1. The standard InChI is InChI=1S/C30H33F4N3O7/c1-30(2,3)17-8-4-5-9-20(17)35-28(42)29(43)37-12-6-7-16(14-37)27(41)36-21(10-11-23(39)40)22(38)15-44-26-24(33)18(31)13-19(32)25(26)34/h4-5,8-9,13,16,21H,6-7,10-12,14-15H2,1-3H3,(H,35,42)(H,36,41)(H,39,40)/t16-,21-/m0/s1. The fourth-order valence-corrected chi connectivity index (χ4v) is 4.73. The lowest BCUT2D eigenvalue weighted by Gasteiger charge is -2.32. The van der Waals surface area contributed by atoms with Gasteiger partial charge in [0.2, 0.25) is 17.5 Å². The molecule has 1 aliphatic rings. The number of nitrogens with zero attached hydrogens (tertiary/aromatic N) is 1. The van der Waals surface area contributed by atoms with Crippen LogP contribution in [-0.2, 0) is 29.4 Å². The zero-order chi connectivity index (χ0) is 32.8. The molecule has 0 aromatic heterocycles. The van der Waals surface area contributed by atoms with Crippen molar-refractivity contribution >= 4 is 35.2 Å². The van der Waals surface area contributed by atoms with E-state index in [9.17, 15) is 41.5 Å². The van der Waals surface area contributed by atoms with Crippen LogP contribution in [0.3, 0.4) is 0 Å². The molecule has 2 aromatic rings. The highest BCUT2D eigenvalue weighted by Crippen LogP contribution is 2.30. The van der Waals surface area contributed by atoms with E-state index in [1.165, 1.54) is 4.90 Å². The first kappa shape index (κ1) is 34.0. The zero-order valence-electron chi connectivity index (χ0n) is 24.3. The molecule has 0 spiro atoms. The highest BCUT2D eigenvalue weighted by Gasteiger charge is 2.34. The molecule has 1 aliphatic heterocycles. The molecule has 10 nitrogen and oxygen atoms in total. The molecular weight excluding hydrogens is 590 g/mol. The zero-order valence-corrected chi connectivity index (χ0v) is 24.3. The number of benzene rings is 2. The molecule has 2 aromatic carbocycles. The average molecular weight is 624 g/mol. The fourth-order valence-electron chi connectivity index (χ4n) is 4.73. The van der Waals surface area contributed by atoms with Crippen LogP contribution in [-0.4, -0.2) is 65.2 Å². The Morgan fingerprint density at radius 3 is 2.30 bits per heavy atom. The summed E-state index contributed by atoms with van der Waals surface area (Å²) in [7, 11) is 0. The Morgan fingerprint density at radius 1 is 1.05 bits per heavy atom. The maximum absolute atomic E-state index is 13.9. The lowest BCUT2D eigenvalue weighted by Crippen LogP contribution is -2.51. The van der Waals surface area contributed by atoms with Gasteiger partial charge in [-0.15, -0.1) is 0 Å². The van der Waals surface area contributed by atoms with E-state index in [4.69, 9.17) is 5.11 Å². The summed E-state index contributed by atoms with van der Waals surface area (Å²) in [6, 6.07) is 5.48. The number of aliphatic carboxylic acids is 1. The number of carbonyl (C=O) groups is 5. The Hall–Kier alpha value is -4.49. The number of hydrogen-bond acceptors (Lipinski definition) is 6. The third kappa shape index (κ3) is 8.54. The van der Waals surface area contributed by atoms with Crippen molar-refractivity contribution in [2.75, 3.05) is 25.0 Å². The van der Waals surface area contributed by atoms with Crippen LogP contribution in [0, 0.1) is 29.2 Å². The van der Waals surface area contributed by atoms with Gasteiger partial charge >= 0.3 is 17.8 Å². The molecule has 0 unspecified atom stereocenters. The predicted molar refractivity (Wildman–Crippen MR) is 149 cm³/mol. The second-order valence-corrected chi connectivity index (χ2v) is 11.4. The normalized spacial score (nSPS) is 15.7. The molecule has 0 aliphatic carbocycles. The van der Waals surface area contributed by atoms with Crippen molar-refractivity contribution in [3.63, 3.8) is 0 Å². The number of piperidine rings is 1. The molecule has 1 heterocycles. The van der Waals surface area contributed by atoms with E-state index in [1.54, 1.807) is 12.1 Å². The average Bonchev–Trinajstić information content (AvgIpc) is 2.97. The quantitative estimate of drug-likeness (QED) is 0.208. The van der Waals surface area contributed by atoms with Crippen LogP contribution in [0.2, 0.25) is 0 Å². The summed E-state index contributed by atoms with van der Waals surface area (Å²) in [6.07, 6.45) is -0.397. The first-order chi connectivity index (χ1) is 20.6. The van der Waals surface area contributed by atoms with Gasteiger partial charge in [0.25, 0.3) is 0 Å². The number of halogens is 4. The molecule has 1 fully saturated rings. The molecule has 0 bridgehead atoms. The van der Waals surface area contributed by atoms with Gasteiger partial charge in [-0.1, -0.05) is 39.0 Å². The number of ether oxygens (including phenoxy) is 1. The number of amides is 3. The van der Waals surface area contributed by atoms with Crippen molar-refractivity contribution in [3.05, 3.63) is 59.2 Å². The molecule has 3 N–H and O–H groups in total. The Morgan fingerprint density at radius 2 is 1.68 bits per heavy atom. The monoisotopic (exact) mass is 623 g/mol. The Labute approximate surface area is 250 Å². The smallest absolute Gasteiger partial charge is 0.313 e. The third-order valence-electron chi connectivity index (χ3n) is 7.04. The molecular formula is C30H33F4N3O7. The van der Waals surface area contributed by atoms with E-state index in [0.29, 0.717) is 12.1 Å². The number of nitrogens with one attached hydrogen (secondary N) is 2. The van der Waals surface area contributed by atoms with Gasteiger partial charge in [0, 0.05) is 31.3 Å². The van der Waals surface area contributed by atoms with Crippen LogP contribution in [0.5, 0.6) is 5.75 Å². The minimum Gasteiger partial charge on any atom is -0.481 e. The van der Waals surface area contributed by atoms with Gasteiger partial charge in [0.15, 0.2) is 23.2 Å². The van der Waals surface area contributed by atoms with E-state index in [0.717, 1.165) is 5.56 Å². The Balaban J connectivity index is 1.67. The predicted octanol–water partition coefficient (Wildman–Crippen LogP) is 3.72. The summed E-state index contributed by atoms with van der Waals surface area (Å²) in [6.45, 7) is 4.72. The lowest BCUT2D eigenvalue weighted by atomic mass is 9.86. The van der Waals surface area contributed by atoms with Crippen molar-refractivity contribution in [2.24, 2.45) is 5.92 Å². The van der Waals surface area contributed by atoms with E-state index >= 15 is 0 Å². The first-order valence-corrected chi connectivity index (χ1v) is 13.8. The van der Waals surface area contributed by atoms with Gasteiger partial charge in [0.1, 0.15) is 6.61 Å². The number of likely N-dealkylation sites (tertiary alicyclic amines) is 1. The third-order valence-corrected chi connectivity index (χ3v) is 7.04. The minimum atomic E-state index is -1.87. The molecule has 2 atom stereocenters. The van der Waals surface area contributed by atoms with Crippen molar-refractivity contribution < 1.29 is 51.4 Å². The summed E-state index contributed by atoms with van der Waals surface area (Å²) in [5, 5.41) is 14.1. The van der Waals surface area contributed by atoms with Gasteiger partial charge in [-0.3, -0.25) is 24.0 Å². The van der Waals surface area contributed by atoms with Gasteiger partial charge in [-0.2, -0.15) is 8.78 Å². The molecule has 14 heteroatoms. The van der Waals surface area contributed by atoms with Crippen LogP contribution >= 0.6 is 0 Å². The number of carbonyl (C=O) groups excluding carboxylic acids is 4. The molecule has 238 valence electrons. The Kier molecular flexibility index (Phi) is 11.1. The number of rotatable bonds is 10. The highest BCUT2D eigenvalue weighted by atomic mass is 19.2. The summed E-state index contributed by atoms with van der Waals surface area (Å²) < 4.78 is 59.5. The van der Waals surface area contributed by atoms with E-state index in [-0.39, 0.29) is 31.0 Å². The molecule has 0 radical (unpaired) electrons. The second-order valence-electron chi connectivity index (χ2n) is 11.4. The van der Waals surface area contributed by atoms with Gasteiger partial charge in [0.05, 0.1) is 12.0 Å². The molecule has 0 saturated carbocycles. The first-order valence-electron chi connectivity index (χ1n) is 13.8. The fraction of sp³-hybridized carbons (Fsp3) is 0.433. The van der Waals surface area contributed by atoms with Gasteiger partial charge in [-0.25, -0.2) is 8.78 Å². The van der Waals surface area contributed by atoms with Gasteiger partial charge in [-0.05, 0) is 36.3 Å². The minimum absolute atomic E-state index is 0.0398. The summed E-state index contributed by atoms with van der Waals surface area (Å²) in [4.78, 5) is 64.1. The van der Waals surface area contributed by atoms with Crippen LogP contribution in [0.1, 0.15) is 52.0 Å². The molecule has 3 rings (SSSR count). The Bertz CT molecular complexity index is 1420. The maximum Gasteiger partial charge on any atom is 0.313 e. The number of anilines is 1. The van der Waals surface area contributed by atoms with E-state index in [1.807, 2.05) is 32.9 Å². The van der Waals surface area contributed by atoms with Crippen LogP contribution in [0.4, 0.5) is 23.2 Å². The van der Waals surface area contributed by atoms with Crippen molar-refractivity contribution in [1.82, 2.24) is 10.2 Å². The SMILES string of the molecule is CC(C)(C)c1ccccc1NC(=O)C(=O)N1CCC[C@H](C(=O)N[C@@H](CCC(=O)O)C(=O)COc2c(F)c(F)cc(F)c2F)C1. The highest BCUT2D eigenvalue weighted by molar-refractivity contribution is 6.39. The molecule has 44 heavy (non-hydrogen) atoms. The molecule has 3 amide bonds. The van der Waals surface area contributed by atoms with Crippen molar-refractivity contribution in [1.29, 1.82) is 0 Å². The van der Waals surface area contributed by atoms with Crippen LogP contribution in [0.25, 0.3) is 0 Å². The van der Waals surface area contributed by atoms with E-state index < -0.39 is 89.9 Å². The number of Topliss-reactive ketones (excluding diaryl/α,β-unsaturated/α-hetero) is 1. The largest absolute Gasteiger partial charge is 0.481 e. The molecule has 1 saturated heterocycles. The van der Waals surface area contributed by atoms with Crippen LogP contribution in [0.15, 0.2) is 30.3 Å². The number of hydrogen-bond donors (Lipinski definition) is 3. The summed E-state index contributed by atoms with van der Waals surface area (Å²) in [5.41, 5.74) is 0.954. The maximum atomic E-state index is 13.9.